The first kappa shape index (κ1) is 25.4. The zero-order valence-electron chi connectivity index (χ0n) is 18.7. The van der Waals surface area contributed by atoms with Crippen LogP contribution in [0.4, 0.5) is 9.52 Å². The first-order chi connectivity index (χ1) is 15.1. The summed E-state index contributed by atoms with van der Waals surface area (Å²) in [5.74, 6) is -1.59. The molecule has 10 heteroatoms. The summed E-state index contributed by atoms with van der Waals surface area (Å²) >= 11 is 1.28. The maximum Gasteiger partial charge on any atom is 0.247 e. The van der Waals surface area contributed by atoms with E-state index in [0.29, 0.717) is 10.7 Å². The Kier molecular flexibility index (Phi) is 9.27. The molecular weight excluding hydrogens is 435 g/mol. The third-order valence-corrected chi connectivity index (χ3v) is 5.03. The number of methoxy groups -OCH3 is 1. The molecule has 0 spiro atoms. The van der Waals surface area contributed by atoms with Gasteiger partial charge in [0.15, 0.2) is 5.13 Å². The van der Waals surface area contributed by atoms with Crippen LogP contribution in [0.3, 0.4) is 0 Å². The Labute approximate surface area is 191 Å². The lowest BCUT2D eigenvalue weighted by molar-refractivity contribution is -0.142. The van der Waals surface area contributed by atoms with Crippen LogP contribution in [0.15, 0.2) is 35.8 Å². The highest BCUT2D eigenvalue weighted by atomic mass is 32.1. The maximum absolute atomic E-state index is 13.5. The van der Waals surface area contributed by atoms with Crippen LogP contribution in [0.2, 0.25) is 0 Å². The van der Waals surface area contributed by atoms with Crippen LogP contribution in [0.1, 0.15) is 45.2 Å². The Morgan fingerprint density at radius 3 is 2.44 bits per heavy atom. The van der Waals surface area contributed by atoms with Crippen molar-refractivity contribution < 1.29 is 23.5 Å². The second-order valence-electron chi connectivity index (χ2n) is 8.16. The van der Waals surface area contributed by atoms with Crippen molar-refractivity contribution in [2.75, 3.05) is 25.6 Å². The lowest BCUT2D eigenvalue weighted by atomic mass is 10.0. The van der Waals surface area contributed by atoms with Crippen molar-refractivity contribution in [3.63, 3.8) is 0 Å². The van der Waals surface area contributed by atoms with Crippen molar-refractivity contribution >= 4 is 34.2 Å². The van der Waals surface area contributed by atoms with Gasteiger partial charge in [0, 0.05) is 43.6 Å². The van der Waals surface area contributed by atoms with E-state index in [2.05, 4.69) is 15.6 Å². The van der Waals surface area contributed by atoms with Crippen LogP contribution >= 0.6 is 11.3 Å². The molecule has 174 valence electrons. The Morgan fingerprint density at radius 1 is 1.19 bits per heavy atom. The topological polar surface area (TPSA) is 101 Å². The van der Waals surface area contributed by atoms with Crippen LogP contribution in [0.5, 0.6) is 0 Å². The molecule has 1 aromatic heterocycles. The van der Waals surface area contributed by atoms with Crippen molar-refractivity contribution in [3.8, 4) is 0 Å². The summed E-state index contributed by atoms with van der Waals surface area (Å²) in [4.78, 5) is 43.8. The van der Waals surface area contributed by atoms with Crippen LogP contribution in [-0.4, -0.2) is 53.4 Å². The van der Waals surface area contributed by atoms with Gasteiger partial charge in [-0.25, -0.2) is 9.37 Å². The molecule has 2 rings (SSSR count). The Morgan fingerprint density at radius 2 is 1.88 bits per heavy atom. The average molecular weight is 465 g/mol. The summed E-state index contributed by atoms with van der Waals surface area (Å²) in [6, 6.07) is 4.44. The van der Waals surface area contributed by atoms with Crippen LogP contribution < -0.4 is 10.6 Å². The molecule has 32 heavy (non-hydrogen) atoms. The van der Waals surface area contributed by atoms with Crippen molar-refractivity contribution in [2.45, 2.75) is 45.2 Å². The zero-order chi connectivity index (χ0) is 23.7. The first-order valence-corrected chi connectivity index (χ1v) is 11.0. The fraction of sp³-hybridized carbons (Fsp3) is 0.455. The Balaban J connectivity index is 2.23. The lowest BCUT2D eigenvalue weighted by Gasteiger charge is -2.33. The second kappa shape index (κ2) is 11.7. The molecule has 8 nitrogen and oxygen atoms in total. The second-order valence-corrected chi connectivity index (χ2v) is 9.05. The summed E-state index contributed by atoms with van der Waals surface area (Å²) in [7, 11) is 1.49. The molecule has 1 atom stereocenters. The molecule has 2 aromatic rings. The van der Waals surface area contributed by atoms with E-state index < -0.39 is 29.2 Å². The number of hydrogen-bond acceptors (Lipinski definition) is 6. The third-order valence-electron chi connectivity index (χ3n) is 4.35. The molecule has 3 amide bonds. The largest absolute Gasteiger partial charge is 0.383 e. The average Bonchev–Trinajstić information content (AvgIpc) is 3.22. The number of nitrogens with one attached hydrogen (secondary N) is 2. The van der Waals surface area contributed by atoms with E-state index in [0.717, 1.165) is 0 Å². The molecule has 2 N–H and O–H groups in total. The van der Waals surface area contributed by atoms with Crippen LogP contribution in [0.25, 0.3) is 0 Å². The molecule has 0 unspecified atom stereocenters. The van der Waals surface area contributed by atoms with E-state index in [4.69, 9.17) is 4.74 Å². The third kappa shape index (κ3) is 8.01. The molecule has 0 saturated heterocycles. The van der Waals surface area contributed by atoms with Crippen molar-refractivity contribution in [1.29, 1.82) is 0 Å². The molecule has 0 aliphatic carbocycles. The SMILES string of the molecule is COCCN(C(=O)CCC(=O)Nc1nccs1)[C@H](C(=O)NC(C)(C)C)c1ccc(F)cc1. The number of anilines is 1. The van der Waals surface area contributed by atoms with Gasteiger partial charge >= 0.3 is 0 Å². The van der Waals surface area contributed by atoms with Crippen LogP contribution in [-0.2, 0) is 19.1 Å². The Hall–Kier alpha value is -2.85. The monoisotopic (exact) mass is 464 g/mol. The number of carbonyl (C=O) groups is 3. The van der Waals surface area contributed by atoms with Gasteiger partial charge < -0.3 is 20.3 Å². The number of benzene rings is 1. The number of hydrogen-bond donors (Lipinski definition) is 2. The predicted molar refractivity (Wildman–Crippen MR) is 121 cm³/mol. The van der Waals surface area contributed by atoms with E-state index in [-0.39, 0.29) is 31.9 Å². The van der Waals surface area contributed by atoms with Gasteiger partial charge in [0.2, 0.25) is 17.7 Å². The van der Waals surface area contributed by atoms with Crippen LogP contribution in [0, 0.1) is 5.82 Å². The summed E-state index contributed by atoms with van der Waals surface area (Å²) < 4.78 is 18.6. The molecule has 0 fully saturated rings. The fourth-order valence-electron chi connectivity index (χ4n) is 2.97. The fourth-order valence-corrected chi connectivity index (χ4v) is 3.52. The first-order valence-electron chi connectivity index (χ1n) is 10.2. The molecule has 0 aliphatic rings. The quantitative estimate of drug-likeness (QED) is 0.563. The molecular formula is C22H29FN4O4S. The molecule has 0 bridgehead atoms. The van der Waals surface area contributed by atoms with Crippen molar-refractivity contribution in [2.24, 2.45) is 0 Å². The predicted octanol–water partition coefficient (Wildman–Crippen LogP) is 3.13. The van der Waals surface area contributed by atoms with Crippen molar-refractivity contribution in [1.82, 2.24) is 15.2 Å². The standard InChI is InChI=1S/C22H29FN4O4S/c1-22(2,3)26-20(30)19(15-5-7-16(23)8-6-15)27(12-13-31-4)18(29)10-9-17(28)25-21-24-11-14-32-21/h5-8,11,14,19H,9-10,12-13H2,1-4H3,(H,26,30)(H,24,25,28)/t19-/m0/s1. The molecule has 0 saturated carbocycles. The minimum atomic E-state index is -1.00. The number of ether oxygens (including phenoxy) is 1. The van der Waals surface area contributed by atoms with Gasteiger partial charge in [-0.05, 0) is 38.5 Å². The zero-order valence-corrected chi connectivity index (χ0v) is 19.5. The Bertz CT molecular complexity index is 898. The lowest BCUT2D eigenvalue weighted by Crippen LogP contribution is -2.50. The summed E-state index contributed by atoms with van der Waals surface area (Å²) in [5.41, 5.74) is -0.0799. The highest BCUT2D eigenvalue weighted by molar-refractivity contribution is 7.13. The number of amides is 3. The summed E-state index contributed by atoms with van der Waals surface area (Å²) in [6.45, 7) is 5.81. The molecule has 1 heterocycles. The number of nitrogens with zero attached hydrogens (tertiary/aromatic N) is 2. The van der Waals surface area contributed by atoms with Gasteiger partial charge in [0.05, 0.1) is 6.61 Å². The summed E-state index contributed by atoms with van der Waals surface area (Å²) in [5, 5.41) is 7.70. The van der Waals surface area contributed by atoms with Gasteiger partial charge in [-0.2, -0.15) is 0 Å². The van der Waals surface area contributed by atoms with E-state index in [1.54, 1.807) is 11.6 Å². The van der Waals surface area contributed by atoms with E-state index >= 15 is 0 Å². The molecule has 1 aromatic carbocycles. The van der Waals surface area contributed by atoms with E-state index in [1.807, 2.05) is 20.8 Å². The van der Waals surface area contributed by atoms with Gasteiger partial charge in [-0.3, -0.25) is 14.4 Å². The highest BCUT2D eigenvalue weighted by Crippen LogP contribution is 2.24. The minimum Gasteiger partial charge on any atom is -0.383 e. The number of halogens is 1. The number of thiazole rings is 1. The maximum atomic E-state index is 13.5. The summed E-state index contributed by atoms with van der Waals surface area (Å²) in [6.07, 6.45) is 1.39. The number of carbonyl (C=O) groups excluding carboxylic acids is 3. The molecule has 0 radical (unpaired) electrons. The van der Waals surface area contributed by atoms with Gasteiger partial charge in [-0.1, -0.05) is 12.1 Å². The molecule has 0 aliphatic heterocycles. The smallest absolute Gasteiger partial charge is 0.247 e. The van der Waals surface area contributed by atoms with Gasteiger partial charge in [0.1, 0.15) is 11.9 Å². The van der Waals surface area contributed by atoms with Crippen molar-refractivity contribution in [3.05, 3.63) is 47.2 Å². The van der Waals surface area contributed by atoms with E-state index in [1.165, 1.54) is 47.6 Å². The van der Waals surface area contributed by atoms with E-state index in [9.17, 15) is 18.8 Å². The minimum absolute atomic E-state index is 0.0705. The number of aromatic nitrogens is 1. The highest BCUT2D eigenvalue weighted by Gasteiger charge is 2.33. The normalized spacial score (nSPS) is 12.2. The number of rotatable bonds is 10. The van der Waals surface area contributed by atoms with Gasteiger partial charge in [-0.15, -0.1) is 11.3 Å². The van der Waals surface area contributed by atoms with Gasteiger partial charge in [0.25, 0.3) is 0 Å².